The Bertz CT molecular complexity index is 1000. The van der Waals surface area contributed by atoms with Crippen LogP contribution in [0, 0.1) is 22.7 Å². The Labute approximate surface area is 190 Å². The van der Waals surface area contributed by atoms with Crippen molar-refractivity contribution in [1.29, 1.82) is 0 Å². The summed E-state index contributed by atoms with van der Waals surface area (Å²) in [5.41, 5.74) is 2.01. The van der Waals surface area contributed by atoms with E-state index in [1.807, 2.05) is 10.8 Å². The molecule has 3 aliphatic rings. The van der Waals surface area contributed by atoms with Crippen molar-refractivity contribution < 1.29 is 14.7 Å². The molecule has 172 valence electrons. The molecule has 0 amide bonds. The fourth-order valence-corrected chi connectivity index (χ4v) is 6.31. The lowest BCUT2D eigenvalue weighted by atomic mass is 9.46. The molecule has 4 rings (SSSR count). The van der Waals surface area contributed by atoms with E-state index in [-0.39, 0.29) is 22.2 Å². The van der Waals surface area contributed by atoms with Crippen LogP contribution in [0.2, 0.25) is 0 Å². The average molecular weight is 438 g/mol. The standard InChI is InChI=1S/C26H35N3O3/c1-17-6-5-7-22-25(17,3)9-8-18(2)26(22,4)15-19-23(31)20(14-21(30)24(19)32)28-11-13-29-12-10-27-16-29/h6,10,12,14,16,18,22,28,31H,5,7-9,11,13,15H2,1-4H3/t18-,22+,25+,26+/m0/s1. The number of nitrogens with zero attached hydrogens (tertiary/aromatic N) is 2. The first-order chi connectivity index (χ1) is 15.2. The molecule has 4 atom stereocenters. The van der Waals surface area contributed by atoms with E-state index in [2.05, 4.69) is 44.1 Å². The topological polar surface area (TPSA) is 84.2 Å². The minimum Gasteiger partial charge on any atom is -0.505 e. The summed E-state index contributed by atoms with van der Waals surface area (Å²) < 4.78 is 1.91. The monoisotopic (exact) mass is 437 g/mol. The van der Waals surface area contributed by atoms with Crippen LogP contribution in [0.1, 0.15) is 59.8 Å². The number of ketones is 2. The van der Waals surface area contributed by atoms with Gasteiger partial charge in [-0.15, -0.1) is 0 Å². The number of rotatable bonds is 6. The number of aliphatic hydroxyl groups excluding tert-OH is 1. The second-order valence-electron chi connectivity index (χ2n) is 10.4. The highest BCUT2D eigenvalue weighted by Crippen LogP contribution is 2.62. The molecule has 32 heavy (non-hydrogen) atoms. The quantitative estimate of drug-likeness (QED) is 0.389. The molecule has 6 heteroatoms. The fourth-order valence-electron chi connectivity index (χ4n) is 6.31. The molecule has 0 aromatic carbocycles. The van der Waals surface area contributed by atoms with Crippen LogP contribution in [0.25, 0.3) is 0 Å². The summed E-state index contributed by atoms with van der Waals surface area (Å²) in [6.45, 7) is 10.3. The molecule has 1 saturated carbocycles. The van der Waals surface area contributed by atoms with Crippen molar-refractivity contribution in [2.45, 2.75) is 66.3 Å². The van der Waals surface area contributed by atoms with Crippen LogP contribution in [-0.2, 0) is 16.1 Å². The molecule has 0 aliphatic heterocycles. The highest BCUT2D eigenvalue weighted by atomic mass is 16.3. The number of carbonyl (C=O) groups excluding carboxylic acids is 2. The summed E-state index contributed by atoms with van der Waals surface area (Å²) in [6, 6.07) is 0. The van der Waals surface area contributed by atoms with Gasteiger partial charge < -0.3 is 15.0 Å². The molecule has 0 bridgehead atoms. The Morgan fingerprint density at radius 2 is 2.06 bits per heavy atom. The van der Waals surface area contributed by atoms with Gasteiger partial charge in [0.15, 0.2) is 0 Å². The maximum Gasteiger partial charge on any atom is 0.232 e. The zero-order valence-electron chi connectivity index (χ0n) is 19.6. The van der Waals surface area contributed by atoms with Crippen LogP contribution in [0.5, 0.6) is 0 Å². The number of hydrogen-bond acceptors (Lipinski definition) is 5. The summed E-state index contributed by atoms with van der Waals surface area (Å²) in [5.74, 6) is -0.373. The SMILES string of the molecule is CC1=CCC[C@H]2[C@](C)(CC3=C(O)C(NCCn4ccnc4)=CC(=O)C3=O)[C@@H](C)CC[C@]12C. The third-order valence-corrected chi connectivity index (χ3v) is 8.71. The van der Waals surface area contributed by atoms with E-state index in [9.17, 15) is 14.7 Å². The average Bonchev–Trinajstić information content (AvgIpc) is 3.27. The van der Waals surface area contributed by atoms with E-state index in [1.54, 1.807) is 12.5 Å². The normalized spacial score (nSPS) is 33.0. The summed E-state index contributed by atoms with van der Waals surface area (Å²) in [6.07, 6.45) is 13.7. The summed E-state index contributed by atoms with van der Waals surface area (Å²) in [4.78, 5) is 29.5. The number of fused-ring (bicyclic) bond motifs is 1. The second kappa shape index (κ2) is 8.38. The lowest BCUT2D eigenvalue weighted by Crippen LogP contribution is -2.50. The summed E-state index contributed by atoms with van der Waals surface area (Å²) >= 11 is 0. The first kappa shape index (κ1) is 22.6. The highest BCUT2D eigenvalue weighted by molar-refractivity contribution is 6.48. The lowest BCUT2D eigenvalue weighted by molar-refractivity contribution is -0.132. The molecular formula is C26H35N3O3. The first-order valence-corrected chi connectivity index (χ1v) is 11.8. The number of hydrogen-bond donors (Lipinski definition) is 2. The molecule has 1 fully saturated rings. The predicted octanol–water partition coefficient (Wildman–Crippen LogP) is 4.51. The van der Waals surface area contributed by atoms with Crippen molar-refractivity contribution in [2.24, 2.45) is 22.7 Å². The molecule has 0 saturated heterocycles. The van der Waals surface area contributed by atoms with Gasteiger partial charge in [-0.3, -0.25) is 9.59 Å². The molecule has 1 heterocycles. The molecular weight excluding hydrogens is 402 g/mol. The maximum atomic E-state index is 12.9. The molecule has 1 aromatic heterocycles. The van der Waals surface area contributed by atoms with Crippen molar-refractivity contribution >= 4 is 11.6 Å². The number of aromatic nitrogens is 2. The van der Waals surface area contributed by atoms with Crippen molar-refractivity contribution in [3.8, 4) is 0 Å². The van der Waals surface area contributed by atoms with Gasteiger partial charge in [-0.1, -0.05) is 32.4 Å². The number of carbonyl (C=O) groups is 2. The Hall–Kier alpha value is -2.63. The largest absolute Gasteiger partial charge is 0.505 e. The van der Waals surface area contributed by atoms with Crippen molar-refractivity contribution in [1.82, 2.24) is 14.9 Å². The third-order valence-electron chi connectivity index (χ3n) is 8.71. The maximum absolute atomic E-state index is 12.9. The molecule has 0 spiro atoms. The predicted molar refractivity (Wildman–Crippen MR) is 124 cm³/mol. The molecule has 0 radical (unpaired) electrons. The van der Waals surface area contributed by atoms with E-state index in [0.29, 0.717) is 37.0 Å². The van der Waals surface area contributed by atoms with Crippen molar-refractivity contribution in [3.05, 3.63) is 53.5 Å². The number of aliphatic hydroxyl groups is 1. The van der Waals surface area contributed by atoms with E-state index in [4.69, 9.17) is 0 Å². The van der Waals surface area contributed by atoms with Gasteiger partial charge in [0.1, 0.15) is 5.76 Å². The minimum absolute atomic E-state index is 0.0657. The van der Waals surface area contributed by atoms with Gasteiger partial charge in [0.25, 0.3) is 0 Å². The van der Waals surface area contributed by atoms with Gasteiger partial charge in [-0.2, -0.15) is 0 Å². The van der Waals surface area contributed by atoms with Crippen LogP contribution in [0.15, 0.2) is 53.5 Å². The molecule has 0 unspecified atom stereocenters. The summed E-state index contributed by atoms with van der Waals surface area (Å²) in [7, 11) is 0. The van der Waals surface area contributed by atoms with Gasteiger partial charge >= 0.3 is 0 Å². The number of nitrogens with one attached hydrogen (secondary N) is 1. The van der Waals surface area contributed by atoms with E-state index < -0.39 is 11.6 Å². The first-order valence-electron chi connectivity index (χ1n) is 11.8. The fraction of sp³-hybridized carbons (Fsp3) is 0.577. The third kappa shape index (κ3) is 3.74. The number of Topliss-reactive ketones (excluding diaryl/α,β-unsaturated/α-hetero) is 1. The van der Waals surface area contributed by atoms with Crippen molar-refractivity contribution in [3.63, 3.8) is 0 Å². The Kier molecular flexibility index (Phi) is 5.91. The molecule has 2 N–H and O–H groups in total. The summed E-state index contributed by atoms with van der Waals surface area (Å²) in [5, 5.41) is 14.2. The van der Waals surface area contributed by atoms with Crippen LogP contribution >= 0.6 is 0 Å². The number of allylic oxidation sites excluding steroid dienone is 4. The lowest BCUT2D eigenvalue weighted by Gasteiger charge is -2.58. The van der Waals surface area contributed by atoms with Crippen LogP contribution in [0.4, 0.5) is 0 Å². The van der Waals surface area contributed by atoms with E-state index in [0.717, 1.165) is 25.7 Å². The van der Waals surface area contributed by atoms with Crippen LogP contribution < -0.4 is 5.32 Å². The van der Waals surface area contributed by atoms with Crippen molar-refractivity contribution in [2.75, 3.05) is 6.54 Å². The zero-order chi connectivity index (χ0) is 23.1. The highest BCUT2D eigenvalue weighted by Gasteiger charge is 2.54. The zero-order valence-corrected chi connectivity index (χ0v) is 19.6. The number of imidazole rings is 1. The second-order valence-corrected chi connectivity index (χ2v) is 10.4. The smallest absolute Gasteiger partial charge is 0.232 e. The Morgan fingerprint density at radius 1 is 1.28 bits per heavy atom. The van der Waals surface area contributed by atoms with E-state index >= 15 is 0 Å². The van der Waals surface area contributed by atoms with Gasteiger partial charge in [0.2, 0.25) is 11.6 Å². The van der Waals surface area contributed by atoms with Gasteiger partial charge in [0.05, 0.1) is 12.0 Å². The molecule has 6 nitrogen and oxygen atoms in total. The van der Waals surface area contributed by atoms with Gasteiger partial charge in [0, 0.05) is 37.1 Å². The van der Waals surface area contributed by atoms with Crippen LogP contribution in [-0.4, -0.2) is 32.8 Å². The Balaban J connectivity index is 1.60. The van der Waals surface area contributed by atoms with E-state index in [1.165, 1.54) is 11.6 Å². The Morgan fingerprint density at radius 3 is 2.78 bits per heavy atom. The van der Waals surface area contributed by atoms with Gasteiger partial charge in [-0.05, 0) is 61.7 Å². The van der Waals surface area contributed by atoms with Crippen LogP contribution in [0.3, 0.4) is 0 Å². The molecule has 1 aromatic rings. The van der Waals surface area contributed by atoms with Gasteiger partial charge in [-0.25, -0.2) is 4.98 Å². The minimum atomic E-state index is -0.563. The molecule has 3 aliphatic carbocycles.